The third-order valence-electron chi connectivity index (χ3n) is 5.54. The molecule has 0 spiro atoms. The maximum atomic E-state index is 6.60. The molecule has 1 fully saturated rings. The third-order valence-corrected chi connectivity index (χ3v) is 9.79. The maximum Gasteiger partial charge on any atom is 0.223 e. The average molecular weight is 362 g/mol. The molecule has 0 amide bonds. The molecule has 0 N–H and O–H groups in total. The average Bonchev–Trinajstić information content (AvgIpc) is 2.48. The fraction of sp³-hybridized carbons (Fsp3) is 0.619. The molecule has 1 heterocycles. The van der Waals surface area contributed by atoms with Crippen molar-refractivity contribution < 1.29 is 9.36 Å². The number of hydroxylamine groups is 2. The monoisotopic (exact) mass is 361 g/mol. The van der Waals surface area contributed by atoms with E-state index in [0.29, 0.717) is 5.92 Å². The molecule has 1 saturated heterocycles. The minimum atomic E-state index is -1.99. The van der Waals surface area contributed by atoms with Crippen LogP contribution in [0.25, 0.3) is 0 Å². The number of hydrogen-bond acceptors (Lipinski definition) is 3. The molecular weight excluding hydrogens is 326 g/mol. The molecule has 3 nitrogen and oxygen atoms in total. The molecule has 1 aliphatic heterocycles. The second kappa shape index (κ2) is 7.35. The van der Waals surface area contributed by atoms with E-state index in [9.17, 15) is 0 Å². The van der Waals surface area contributed by atoms with Crippen LogP contribution in [0.2, 0.25) is 18.1 Å². The summed E-state index contributed by atoms with van der Waals surface area (Å²) in [6.45, 7) is 19.6. The van der Waals surface area contributed by atoms with Crippen LogP contribution >= 0.6 is 0 Å². The Labute approximate surface area is 155 Å². The van der Waals surface area contributed by atoms with Gasteiger partial charge in [0.25, 0.3) is 0 Å². The van der Waals surface area contributed by atoms with Gasteiger partial charge in [-0.2, -0.15) is 0 Å². The van der Waals surface area contributed by atoms with Crippen molar-refractivity contribution in [1.82, 2.24) is 5.23 Å². The van der Waals surface area contributed by atoms with Crippen LogP contribution in [-0.2, 0) is 9.36 Å². The Balaban J connectivity index is 2.37. The molecule has 1 aliphatic rings. The first-order valence-corrected chi connectivity index (χ1v) is 12.2. The summed E-state index contributed by atoms with van der Waals surface area (Å²) in [5.74, 6) is 0.354. The van der Waals surface area contributed by atoms with Gasteiger partial charge in [0.2, 0.25) is 8.32 Å². The quantitative estimate of drug-likeness (QED) is 0.469. The van der Waals surface area contributed by atoms with Gasteiger partial charge in [-0.25, -0.2) is 0 Å². The third kappa shape index (κ3) is 4.82. The number of hydrogen-bond donors (Lipinski definition) is 0. The molecule has 0 radical (unpaired) electrons. The second-order valence-electron chi connectivity index (χ2n) is 9.30. The molecule has 0 aliphatic carbocycles. The van der Waals surface area contributed by atoms with E-state index in [0.717, 1.165) is 12.8 Å². The standard InChI is InChI=1S/C21H35NO2Si/c1-9-13-19-18(17-14-11-10-12-15-17)16-21(5,6)23-22(19)24-25(7,8)20(2,3)4/h9-12,14-15,18-19H,1,13,16H2,2-8H3. The summed E-state index contributed by atoms with van der Waals surface area (Å²) >= 11 is 0. The molecular formula is C21H35NO2Si. The predicted octanol–water partition coefficient (Wildman–Crippen LogP) is 6.07. The van der Waals surface area contributed by atoms with E-state index in [1.807, 2.05) is 11.3 Å². The summed E-state index contributed by atoms with van der Waals surface area (Å²) in [4.78, 5) is 6.32. The van der Waals surface area contributed by atoms with Crippen LogP contribution in [0.5, 0.6) is 0 Å². The fourth-order valence-electron chi connectivity index (χ4n) is 3.07. The van der Waals surface area contributed by atoms with Crippen LogP contribution in [0, 0.1) is 0 Å². The lowest BCUT2D eigenvalue weighted by Crippen LogP contribution is -2.57. The van der Waals surface area contributed by atoms with Gasteiger partial charge in [-0.1, -0.05) is 62.4 Å². The fourth-order valence-corrected chi connectivity index (χ4v) is 3.97. The van der Waals surface area contributed by atoms with Crippen molar-refractivity contribution in [1.29, 1.82) is 0 Å². The minimum absolute atomic E-state index is 0.124. The minimum Gasteiger partial charge on any atom is -0.320 e. The Morgan fingerprint density at radius 1 is 1.28 bits per heavy atom. The lowest BCUT2D eigenvalue weighted by atomic mass is 9.80. The highest BCUT2D eigenvalue weighted by Gasteiger charge is 2.47. The van der Waals surface area contributed by atoms with E-state index in [-0.39, 0.29) is 16.7 Å². The zero-order valence-electron chi connectivity index (χ0n) is 17.0. The van der Waals surface area contributed by atoms with Crippen molar-refractivity contribution in [2.75, 3.05) is 0 Å². The SMILES string of the molecule is C=CCC1C(c2ccccc2)CC(C)(C)ON1O[Si](C)(C)C(C)(C)C. The van der Waals surface area contributed by atoms with Gasteiger partial charge in [-0.3, -0.25) is 4.84 Å². The Kier molecular flexibility index (Phi) is 5.99. The first-order valence-electron chi connectivity index (χ1n) is 9.30. The molecule has 140 valence electrons. The van der Waals surface area contributed by atoms with Gasteiger partial charge >= 0.3 is 0 Å². The van der Waals surface area contributed by atoms with Gasteiger partial charge < -0.3 is 4.53 Å². The van der Waals surface area contributed by atoms with Crippen LogP contribution in [0.15, 0.2) is 43.0 Å². The van der Waals surface area contributed by atoms with E-state index in [4.69, 9.17) is 9.36 Å². The topological polar surface area (TPSA) is 21.7 Å². The van der Waals surface area contributed by atoms with E-state index >= 15 is 0 Å². The van der Waals surface area contributed by atoms with Crippen molar-refractivity contribution in [2.45, 2.75) is 83.2 Å². The van der Waals surface area contributed by atoms with Crippen molar-refractivity contribution in [3.8, 4) is 0 Å². The Hall–Kier alpha value is -0.943. The zero-order chi connectivity index (χ0) is 18.9. The highest BCUT2D eigenvalue weighted by Crippen LogP contribution is 2.44. The molecule has 0 bridgehead atoms. The van der Waals surface area contributed by atoms with E-state index in [2.05, 4.69) is 84.6 Å². The summed E-state index contributed by atoms with van der Waals surface area (Å²) in [6, 6.07) is 10.9. The summed E-state index contributed by atoms with van der Waals surface area (Å²) in [5, 5.41) is 1.96. The summed E-state index contributed by atoms with van der Waals surface area (Å²) in [5.41, 5.74) is 1.08. The maximum absolute atomic E-state index is 6.60. The number of rotatable bonds is 5. The lowest BCUT2D eigenvalue weighted by molar-refractivity contribution is -0.410. The summed E-state index contributed by atoms with van der Waals surface area (Å²) in [7, 11) is -1.99. The highest BCUT2D eigenvalue weighted by molar-refractivity contribution is 6.74. The normalized spacial score (nSPS) is 24.9. The zero-order valence-corrected chi connectivity index (χ0v) is 18.0. The van der Waals surface area contributed by atoms with Gasteiger partial charge in [-0.05, 0) is 50.4 Å². The van der Waals surface area contributed by atoms with Crippen molar-refractivity contribution in [3.05, 3.63) is 48.6 Å². The molecule has 2 rings (SSSR count). The molecule has 1 aromatic carbocycles. The molecule has 2 unspecified atom stereocenters. The first kappa shape index (κ1) is 20.4. The van der Waals surface area contributed by atoms with Crippen LogP contribution in [0.4, 0.5) is 0 Å². The van der Waals surface area contributed by atoms with Crippen molar-refractivity contribution in [2.24, 2.45) is 0 Å². The van der Waals surface area contributed by atoms with E-state index < -0.39 is 8.32 Å². The van der Waals surface area contributed by atoms with Crippen molar-refractivity contribution >= 4 is 8.32 Å². The van der Waals surface area contributed by atoms with Crippen LogP contribution in [0.3, 0.4) is 0 Å². The van der Waals surface area contributed by atoms with Crippen LogP contribution in [0.1, 0.15) is 58.9 Å². The molecule has 2 atom stereocenters. The van der Waals surface area contributed by atoms with Crippen LogP contribution < -0.4 is 0 Å². The summed E-state index contributed by atoms with van der Waals surface area (Å²) in [6.07, 6.45) is 3.78. The number of benzene rings is 1. The predicted molar refractivity (Wildman–Crippen MR) is 108 cm³/mol. The first-order chi connectivity index (χ1) is 11.5. The molecule has 25 heavy (non-hydrogen) atoms. The smallest absolute Gasteiger partial charge is 0.223 e. The van der Waals surface area contributed by atoms with E-state index in [1.54, 1.807) is 0 Å². The number of nitrogens with zero attached hydrogens (tertiary/aromatic N) is 1. The van der Waals surface area contributed by atoms with Gasteiger partial charge in [-0.15, -0.1) is 6.58 Å². The molecule has 4 heteroatoms. The van der Waals surface area contributed by atoms with Gasteiger partial charge in [0.1, 0.15) is 0 Å². The molecule has 0 saturated carbocycles. The second-order valence-corrected chi connectivity index (χ2v) is 14.0. The highest BCUT2D eigenvalue weighted by atomic mass is 28.4. The largest absolute Gasteiger partial charge is 0.320 e. The molecule has 0 aromatic heterocycles. The van der Waals surface area contributed by atoms with Crippen molar-refractivity contribution in [3.63, 3.8) is 0 Å². The summed E-state index contributed by atoms with van der Waals surface area (Å²) < 4.78 is 6.60. The Bertz CT molecular complexity index is 577. The van der Waals surface area contributed by atoms with Gasteiger partial charge in [0.15, 0.2) is 0 Å². The molecule has 1 aromatic rings. The Morgan fingerprint density at radius 3 is 2.40 bits per heavy atom. The van der Waals surface area contributed by atoms with Gasteiger partial charge in [0, 0.05) is 5.92 Å². The lowest BCUT2D eigenvalue weighted by Gasteiger charge is -2.50. The van der Waals surface area contributed by atoms with Crippen LogP contribution in [-0.4, -0.2) is 25.2 Å². The van der Waals surface area contributed by atoms with Gasteiger partial charge in [0.05, 0.1) is 11.6 Å². The Morgan fingerprint density at radius 2 is 1.88 bits per heavy atom. The van der Waals surface area contributed by atoms with E-state index in [1.165, 1.54) is 5.56 Å².